The van der Waals surface area contributed by atoms with E-state index >= 15 is 0 Å². The van der Waals surface area contributed by atoms with Gasteiger partial charge in [0.25, 0.3) is 0 Å². The van der Waals surface area contributed by atoms with Crippen LogP contribution in [0.5, 0.6) is 5.75 Å². The third kappa shape index (κ3) is 4.40. The quantitative estimate of drug-likeness (QED) is 0.510. The first-order chi connectivity index (χ1) is 14.8. The Balaban J connectivity index is 1.94. The van der Waals surface area contributed by atoms with Gasteiger partial charge in [0.15, 0.2) is 11.6 Å². The minimum Gasteiger partial charge on any atom is -0.486 e. The summed E-state index contributed by atoms with van der Waals surface area (Å²) in [4.78, 5) is 2.14. The first-order valence-corrected chi connectivity index (χ1v) is 10.3. The van der Waals surface area contributed by atoms with Crippen molar-refractivity contribution in [3.05, 3.63) is 65.0 Å². The molecule has 0 bridgehead atoms. The molecule has 2 aromatic rings. The number of halogens is 5. The maximum atomic E-state index is 13.4. The zero-order valence-electron chi connectivity index (χ0n) is 16.0. The Morgan fingerprint density at radius 3 is 2.44 bits per heavy atom. The first kappa shape index (κ1) is 23.9. The van der Waals surface area contributed by atoms with Crippen molar-refractivity contribution in [2.45, 2.75) is 22.8 Å². The molecule has 172 valence electrons. The first-order valence-electron chi connectivity index (χ1n) is 8.85. The topological polar surface area (TPSA) is 91.4 Å². The fourth-order valence-corrected chi connectivity index (χ4v) is 4.77. The summed E-state index contributed by atoms with van der Waals surface area (Å²) in [6, 6.07) is 3.97. The monoisotopic (exact) mass is 478 g/mol. The van der Waals surface area contributed by atoms with Crippen LogP contribution in [0.15, 0.2) is 41.3 Å². The molecular formula is C19H15F5N2O5S. The second-order valence-electron chi connectivity index (χ2n) is 7.03. The highest BCUT2D eigenvalue weighted by molar-refractivity contribution is 7.89. The lowest BCUT2D eigenvalue weighted by Gasteiger charge is -2.27. The van der Waals surface area contributed by atoms with Gasteiger partial charge < -0.3 is 14.9 Å². The van der Waals surface area contributed by atoms with E-state index in [1.54, 1.807) is 0 Å². The highest BCUT2D eigenvalue weighted by Gasteiger charge is 2.51. The Kier molecular flexibility index (Phi) is 6.18. The summed E-state index contributed by atoms with van der Waals surface area (Å²) in [7, 11) is -4.60. The largest absolute Gasteiger partial charge is 0.486 e. The molecule has 3 rings (SSSR count). The van der Waals surface area contributed by atoms with Crippen molar-refractivity contribution in [1.29, 1.82) is 0 Å². The molecule has 13 heteroatoms. The van der Waals surface area contributed by atoms with Crippen LogP contribution in [-0.2, 0) is 16.2 Å². The predicted octanol–water partition coefficient (Wildman–Crippen LogP) is 2.71. The molecule has 7 nitrogen and oxygen atoms in total. The smallest absolute Gasteiger partial charge is 0.415 e. The molecule has 1 aliphatic heterocycles. The van der Waals surface area contributed by atoms with Gasteiger partial charge in [-0.15, -0.1) is 0 Å². The van der Waals surface area contributed by atoms with E-state index in [-0.39, 0.29) is 5.75 Å². The zero-order valence-corrected chi connectivity index (χ0v) is 16.8. The molecule has 0 amide bonds. The van der Waals surface area contributed by atoms with Gasteiger partial charge >= 0.3 is 6.18 Å². The minimum atomic E-state index is -4.80. The van der Waals surface area contributed by atoms with Crippen LogP contribution >= 0.6 is 0 Å². The maximum absolute atomic E-state index is 13.4. The van der Waals surface area contributed by atoms with Gasteiger partial charge in [0, 0.05) is 18.2 Å². The number of alkyl halides is 3. The standard InChI is InChI=1S/C19H15F5N2O5S/c1-25-15-6-11(19(22,23)24)2-5-16(15)32(29,30)26-8-17(18(28,9-26)10-27)31-12-3-4-13(20)14(21)7-12/h2-7,17,27-28H,8-10H2/t17-,18+/m0/s1. The minimum absolute atomic E-state index is 0.253. The van der Waals surface area contributed by atoms with E-state index in [0.29, 0.717) is 28.6 Å². The third-order valence-corrected chi connectivity index (χ3v) is 6.75. The number of nitrogens with zero attached hydrogens (tertiary/aromatic N) is 2. The number of ether oxygens (including phenoxy) is 1. The van der Waals surface area contributed by atoms with Crippen LogP contribution in [0.4, 0.5) is 27.6 Å². The van der Waals surface area contributed by atoms with Crippen LogP contribution in [0, 0.1) is 18.2 Å². The van der Waals surface area contributed by atoms with Crippen molar-refractivity contribution in [1.82, 2.24) is 4.31 Å². The predicted molar refractivity (Wildman–Crippen MR) is 99.3 cm³/mol. The van der Waals surface area contributed by atoms with Crippen molar-refractivity contribution in [2.75, 3.05) is 19.7 Å². The van der Waals surface area contributed by atoms with Crippen LogP contribution < -0.4 is 4.74 Å². The van der Waals surface area contributed by atoms with E-state index in [1.165, 1.54) is 0 Å². The molecule has 0 aliphatic carbocycles. The molecule has 1 saturated heterocycles. The molecule has 0 radical (unpaired) electrons. The Hall–Kier alpha value is -2.79. The molecule has 0 saturated carbocycles. The lowest BCUT2D eigenvalue weighted by molar-refractivity contribution is -0.137. The molecule has 2 atom stereocenters. The van der Waals surface area contributed by atoms with Crippen LogP contribution in [0.3, 0.4) is 0 Å². The zero-order chi connectivity index (χ0) is 23.9. The van der Waals surface area contributed by atoms with E-state index in [1.807, 2.05) is 0 Å². The molecule has 1 fully saturated rings. The molecule has 1 heterocycles. The highest BCUT2D eigenvalue weighted by Crippen LogP contribution is 2.38. The second kappa shape index (κ2) is 8.28. The summed E-state index contributed by atoms with van der Waals surface area (Å²) < 4.78 is 97.3. The van der Waals surface area contributed by atoms with Gasteiger partial charge in [0.1, 0.15) is 17.5 Å². The van der Waals surface area contributed by atoms with Crippen molar-refractivity contribution < 1.29 is 45.3 Å². The van der Waals surface area contributed by atoms with E-state index in [4.69, 9.17) is 11.3 Å². The summed E-state index contributed by atoms with van der Waals surface area (Å²) in [5.74, 6) is -2.68. The van der Waals surface area contributed by atoms with Gasteiger partial charge in [-0.3, -0.25) is 0 Å². The fraction of sp³-hybridized carbons (Fsp3) is 0.316. The Morgan fingerprint density at radius 1 is 1.19 bits per heavy atom. The maximum Gasteiger partial charge on any atom is 0.415 e. The van der Waals surface area contributed by atoms with Crippen molar-refractivity contribution >= 4 is 15.7 Å². The SMILES string of the molecule is [C-]#[N+]c1cc(C(F)(F)F)ccc1S(=O)(=O)N1C[C@H](Oc2ccc(F)c(F)c2)[C@](O)(CO)C1. The summed E-state index contributed by atoms with van der Waals surface area (Å²) in [6.45, 7) is 4.78. The number of aliphatic hydroxyl groups is 2. The molecule has 32 heavy (non-hydrogen) atoms. The number of rotatable bonds is 5. The van der Waals surface area contributed by atoms with Crippen LogP contribution in [0.2, 0.25) is 0 Å². The molecule has 0 unspecified atom stereocenters. The van der Waals surface area contributed by atoms with Crippen LogP contribution in [-0.4, -0.2) is 54.3 Å². The number of β-amino-alcohol motifs (C(OH)–C–C–N with tert-alkyl or cyclic N) is 1. The average Bonchev–Trinajstić information content (AvgIpc) is 3.07. The average molecular weight is 478 g/mol. The highest BCUT2D eigenvalue weighted by atomic mass is 32.2. The van der Waals surface area contributed by atoms with Crippen molar-refractivity contribution in [3.63, 3.8) is 0 Å². The summed E-state index contributed by atoms with van der Waals surface area (Å²) in [6.07, 6.45) is -6.23. The summed E-state index contributed by atoms with van der Waals surface area (Å²) in [5, 5.41) is 20.2. The van der Waals surface area contributed by atoms with E-state index in [9.17, 15) is 40.6 Å². The van der Waals surface area contributed by atoms with Gasteiger partial charge in [-0.25, -0.2) is 22.0 Å². The fourth-order valence-electron chi connectivity index (χ4n) is 3.16. The van der Waals surface area contributed by atoms with Crippen molar-refractivity contribution in [2.24, 2.45) is 0 Å². The van der Waals surface area contributed by atoms with Gasteiger partial charge in [0.2, 0.25) is 15.7 Å². The molecule has 0 spiro atoms. The number of sulfonamides is 1. The molecule has 0 aromatic heterocycles. The number of benzene rings is 2. The molecule has 1 aliphatic rings. The number of hydrogen-bond donors (Lipinski definition) is 2. The van der Waals surface area contributed by atoms with Gasteiger partial charge in [-0.1, -0.05) is 12.1 Å². The van der Waals surface area contributed by atoms with E-state index < -0.39 is 75.4 Å². The number of aliphatic hydroxyl groups excluding tert-OH is 1. The van der Waals surface area contributed by atoms with Gasteiger partial charge in [-0.05, 0) is 18.2 Å². The summed E-state index contributed by atoms with van der Waals surface area (Å²) in [5.41, 5.74) is -4.16. The van der Waals surface area contributed by atoms with E-state index in [2.05, 4.69) is 4.85 Å². The third-order valence-electron chi connectivity index (χ3n) is 4.89. The Morgan fingerprint density at radius 2 is 1.88 bits per heavy atom. The molecular weight excluding hydrogens is 463 g/mol. The Labute approximate surface area is 179 Å². The van der Waals surface area contributed by atoms with Gasteiger partial charge in [-0.2, -0.15) is 17.5 Å². The molecule has 2 N–H and O–H groups in total. The van der Waals surface area contributed by atoms with E-state index in [0.717, 1.165) is 12.1 Å². The van der Waals surface area contributed by atoms with Crippen LogP contribution in [0.25, 0.3) is 4.85 Å². The normalized spacial score (nSPS) is 22.0. The molecule has 2 aromatic carbocycles. The number of hydrogen-bond acceptors (Lipinski definition) is 5. The van der Waals surface area contributed by atoms with Crippen LogP contribution in [0.1, 0.15) is 5.56 Å². The summed E-state index contributed by atoms with van der Waals surface area (Å²) >= 11 is 0. The lowest BCUT2D eigenvalue weighted by atomic mass is 10.0. The van der Waals surface area contributed by atoms with Crippen molar-refractivity contribution in [3.8, 4) is 5.75 Å². The lowest BCUT2D eigenvalue weighted by Crippen LogP contribution is -2.48. The van der Waals surface area contributed by atoms with Gasteiger partial charge in [0.05, 0.1) is 24.6 Å². The Bertz CT molecular complexity index is 1180. The second-order valence-corrected chi connectivity index (χ2v) is 8.94.